The zero-order valence-corrected chi connectivity index (χ0v) is 12.3. The normalized spacial score (nSPS) is 17.5. The molecule has 0 bridgehead atoms. The molecule has 0 spiro atoms. The summed E-state index contributed by atoms with van der Waals surface area (Å²) in [4.78, 5) is 0. The van der Waals surface area contributed by atoms with Gasteiger partial charge in [0.1, 0.15) is 0 Å². The molecule has 1 saturated carbocycles. The molecule has 1 aliphatic carbocycles. The highest BCUT2D eigenvalue weighted by molar-refractivity contribution is 7.92. The lowest BCUT2D eigenvalue weighted by molar-refractivity contribution is -0.141. The molecule has 0 aliphatic heterocycles. The van der Waals surface area contributed by atoms with Crippen molar-refractivity contribution in [2.24, 2.45) is 0 Å². The molecule has 20 heavy (non-hydrogen) atoms. The van der Waals surface area contributed by atoms with E-state index in [-0.39, 0.29) is 12.5 Å². The predicted molar refractivity (Wildman–Crippen MR) is 68.1 cm³/mol. The fraction of sp³-hybridized carbons (Fsp3) is 0.750. The first-order valence-electron chi connectivity index (χ1n) is 6.26. The Balaban J connectivity index is 2.39. The highest BCUT2D eigenvalue weighted by Gasteiger charge is 2.40. The van der Waals surface area contributed by atoms with Crippen molar-refractivity contribution in [3.8, 4) is 0 Å². The molecule has 0 N–H and O–H groups in total. The van der Waals surface area contributed by atoms with Crippen LogP contribution >= 0.6 is 0 Å². The smallest absolute Gasteiger partial charge is 0.267 e. The van der Waals surface area contributed by atoms with E-state index in [0.717, 1.165) is 25.2 Å². The number of sulfone groups is 1. The van der Waals surface area contributed by atoms with E-state index in [1.807, 2.05) is 0 Å². The highest BCUT2D eigenvalue weighted by Crippen LogP contribution is 2.42. The van der Waals surface area contributed by atoms with Crippen LogP contribution in [0, 0.1) is 0 Å². The fourth-order valence-electron chi connectivity index (χ4n) is 1.88. The van der Waals surface area contributed by atoms with Crippen LogP contribution in [0.5, 0.6) is 0 Å². The summed E-state index contributed by atoms with van der Waals surface area (Å²) in [6, 6.07) is 1.04. The summed E-state index contributed by atoms with van der Waals surface area (Å²) in [7, 11) is -3.39. The van der Waals surface area contributed by atoms with E-state index < -0.39 is 26.5 Å². The van der Waals surface area contributed by atoms with Gasteiger partial charge in [0, 0.05) is 17.9 Å². The first-order chi connectivity index (χ1) is 8.92. The van der Waals surface area contributed by atoms with Crippen LogP contribution < -0.4 is 0 Å². The van der Waals surface area contributed by atoms with E-state index in [0.29, 0.717) is 5.69 Å². The van der Waals surface area contributed by atoms with E-state index in [1.54, 1.807) is 0 Å². The molecule has 2 rings (SSSR count). The van der Waals surface area contributed by atoms with Crippen molar-refractivity contribution in [3.05, 3.63) is 17.5 Å². The van der Waals surface area contributed by atoms with Crippen LogP contribution in [0.25, 0.3) is 0 Å². The molecule has 114 valence electrons. The van der Waals surface area contributed by atoms with Gasteiger partial charge >= 0.3 is 6.18 Å². The molecular formula is C12H17F3N2O2S. The lowest BCUT2D eigenvalue weighted by Gasteiger charge is -2.23. The molecule has 0 atom stereocenters. The van der Waals surface area contributed by atoms with Gasteiger partial charge in [-0.1, -0.05) is 0 Å². The van der Waals surface area contributed by atoms with Gasteiger partial charge in [0.2, 0.25) is 0 Å². The summed E-state index contributed by atoms with van der Waals surface area (Å²) in [5.41, 5.74) is -0.474. The van der Waals surface area contributed by atoms with Gasteiger partial charge in [-0.2, -0.15) is 18.3 Å². The molecule has 1 aromatic heterocycles. The Morgan fingerprint density at radius 2 is 1.90 bits per heavy atom. The third-order valence-electron chi connectivity index (χ3n) is 3.63. The summed E-state index contributed by atoms with van der Waals surface area (Å²) in [6.45, 7) is 2.91. The van der Waals surface area contributed by atoms with Crippen molar-refractivity contribution < 1.29 is 21.6 Å². The lowest BCUT2D eigenvalue weighted by Crippen LogP contribution is -2.36. The molecule has 1 fully saturated rings. The first kappa shape index (κ1) is 15.3. The molecule has 1 heterocycles. The second kappa shape index (κ2) is 4.47. The van der Waals surface area contributed by atoms with Crippen LogP contribution in [0.1, 0.15) is 44.0 Å². The monoisotopic (exact) mass is 310 g/mol. The van der Waals surface area contributed by atoms with E-state index in [4.69, 9.17) is 0 Å². The largest absolute Gasteiger partial charge is 0.435 e. The second-order valence-corrected chi connectivity index (χ2v) is 8.57. The van der Waals surface area contributed by atoms with Crippen LogP contribution in [0.4, 0.5) is 13.2 Å². The van der Waals surface area contributed by atoms with E-state index >= 15 is 0 Å². The third kappa shape index (κ3) is 2.99. The average Bonchev–Trinajstić information content (AvgIpc) is 2.97. The van der Waals surface area contributed by atoms with Crippen LogP contribution in [0.3, 0.4) is 0 Å². The van der Waals surface area contributed by atoms with Crippen LogP contribution in [-0.4, -0.2) is 29.2 Å². The summed E-state index contributed by atoms with van der Waals surface area (Å²) in [5.74, 6) is 0.0639. The van der Waals surface area contributed by atoms with E-state index in [1.165, 1.54) is 18.5 Å². The van der Waals surface area contributed by atoms with Gasteiger partial charge in [-0.3, -0.25) is 4.68 Å². The Morgan fingerprint density at radius 3 is 2.30 bits per heavy atom. The fourth-order valence-corrected chi connectivity index (χ4v) is 2.24. The summed E-state index contributed by atoms with van der Waals surface area (Å²) < 4.78 is 61.7. The minimum absolute atomic E-state index is 0.0639. The van der Waals surface area contributed by atoms with Crippen molar-refractivity contribution in [1.82, 2.24) is 9.78 Å². The SMILES string of the molecule is CC(C)(Cn1nc(C(F)(F)F)cc1C1CC1)S(C)(=O)=O. The summed E-state index contributed by atoms with van der Waals surface area (Å²) in [5, 5.41) is 3.57. The number of alkyl halides is 3. The number of rotatable bonds is 4. The lowest BCUT2D eigenvalue weighted by atomic mass is 10.2. The van der Waals surface area contributed by atoms with E-state index in [9.17, 15) is 21.6 Å². The maximum absolute atomic E-state index is 12.7. The number of hydrogen-bond acceptors (Lipinski definition) is 3. The number of aromatic nitrogens is 2. The summed E-state index contributed by atoms with van der Waals surface area (Å²) >= 11 is 0. The average molecular weight is 310 g/mol. The molecule has 0 saturated heterocycles. The number of hydrogen-bond donors (Lipinski definition) is 0. The molecule has 0 aromatic carbocycles. The number of halogens is 3. The van der Waals surface area contributed by atoms with Gasteiger partial charge in [-0.05, 0) is 32.8 Å². The Kier molecular flexibility index (Phi) is 3.43. The van der Waals surface area contributed by atoms with Gasteiger partial charge in [0.15, 0.2) is 15.5 Å². The maximum atomic E-state index is 12.7. The van der Waals surface area contributed by atoms with Gasteiger partial charge in [0.05, 0.1) is 11.3 Å². The molecule has 4 nitrogen and oxygen atoms in total. The molecule has 0 unspecified atom stereocenters. The van der Waals surface area contributed by atoms with Crippen molar-refractivity contribution >= 4 is 9.84 Å². The minimum Gasteiger partial charge on any atom is -0.267 e. The molecule has 0 amide bonds. The van der Waals surface area contributed by atoms with Crippen LogP contribution in [0.15, 0.2) is 6.07 Å². The standard InChI is InChI=1S/C12H17F3N2O2S/c1-11(2,20(3,18)19)7-17-9(8-4-5-8)6-10(16-17)12(13,14)15/h6,8H,4-5,7H2,1-3H3. The van der Waals surface area contributed by atoms with Gasteiger partial charge < -0.3 is 0 Å². The van der Waals surface area contributed by atoms with Crippen molar-refractivity contribution in [2.45, 2.75) is 50.1 Å². The Bertz CT molecular complexity index is 613. The molecule has 8 heteroatoms. The predicted octanol–water partition coefficient (Wildman–Crippen LogP) is 2.60. The van der Waals surface area contributed by atoms with Crippen LogP contribution in [-0.2, 0) is 22.6 Å². The first-order valence-corrected chi connectivity index (χ1v) is 8.15. The summed E-state index contributed by atoms with van der Waals surface area (Å²) in [6.07, 6.45) is -1.79. The molecule has 0 radical (unpaired) electrons. The second-order valence-electron chi connectivity index (χ2n) is 5.92. The quantitative estimate of drug-likeness (QED) is 0.859. The third-order valence-corrected chi connectivity index (χ3v) is 5.77. The van der Waals surface area contributed by atoms with Gasteiger partial charge in [-0.25, -0.2) is 8.42 Å². The minimum atomic E-state index is -4.51. The van der Waals surface area contributed by atoms with Crippen molar-refractivity contribution in [2.75, 3.05) is 6.26 Å². The zero-order valence-electron chi connectivity index (χ0n) is 11.5. The molecule has 1 aliphatic rings. The van der Waals surface area contributed by atoms with Gasteiger partial charge in [0.25, 0.3) is 0 Å². The van der Waals surface area contributed by atoms with E-state index in [2.05, 4.69) is 5.10 Å². The van der Waals surface area contributed by atoms with Crippen molar-refractivity contribution in [1.29, 1.82) is 0 Å². The Labute approximate surface area is 115 Å². The topological polar surface area (TPSA) is 52.0 Å². The van der Waals surface area contributed by atoms with Crippen LogP contribution in [0.2, 0.25) is 0 Å². The van der Waals surface area contributed by atoms with Gasteiger partial charge in [-0.15, -0.1) is 0 Å². The Hall–Kier alpha value is -1.05. The maximum Gasteiger partial charge on any atom is 0.435 e. The Morgan fingerprint density at radius 1 is 1.35 bits per heavy atom. The molecular weight excluding hydrogens is 293 g/mol. The number of nitrogens with zero attached hydrogens (tertiary/aromatic N) is 2. The molecule has 1 aromatic rings. The highest BCUT2D eigenvalue weighted by atomic mass is 32.2. The van der Waals surface area contributed by atoms with Crippen molar-refractivity contribution in [3.63, 3.8) is 0 Å². The zero-order chi connectivity index (χ0) is 15.3.